The Labute approximate surface area is 189 Å². The zero-order valence-corrected chi connectivity index (χ0v) is 18.3. The first-order valence-corrected chi connectivity index (χ1v) is 10.9. The summed E-state index contributed by atoms with van der Waals surface area (Å²) in [6.45, 7) is 1.50. The van der Waals surface area contributed by atoms with E-state index in [-0.39, 0.29) is 6.54 Å². The Hall–Kier alpha value is -3.72. The van der Waals surface area contributed by atoms with Gasteiger partial charge in [-0.3, -0.25) is 10.1 Å². The first-order chi connectivity index (χ1) is 15.6. The third-order valence-electron chi connectivity index (χ3n) is 4.75. The molecule has 2 aromatic carbocycles. The number of thiophene rings is 1. The smallest absolute Gasteiger partial charge is 0.325 e. The molecule has 8 nitrogen and oxygen atoms in total. The number of hydrogen-bond donors (Lipinski definition) is 2. The highest BCUT2D eigenvalue weighted by Gasteiger charge is 2.17. The number of hydrogen-bond acceptors (Lipinski definition) is 7. The molecule has 1 aromatic heterocycles. The number of anilines is 2. The fourth-order valence-corrected chi connectivity index (χ4v) is 3.96. The molecule has 3 amide bonds. The van der Waals surface area contributed by atoms with Gasteiger partial charge >= 0.3 is 6.03 Å². The average Bonchev–Trinajstić information content (AvgIpc) is 3.31. The summed E-state index contributed by atoms with van der Waals surface area (Å²) in [4.78, 5) is 28.0. The number of ether oxygens (including phenoxy) is 3. The zero-order chi connectivity index (χ0) is 22.3. The molecule has 0 aliphatic carbocycles. The molecule has 3 aromatic rings. The summed E-state index contributed by atoms with van der Waals surface area (Å²) in [5.74, 6) is 1.49. The highest BCUT2D eigenvalue weighted by Crippen LogP contribution is 2.32. The molecule has 0 unspecified atom stereocenters. The van der Waals surface area contributed by atoms with Crippen molar-refractivity contribution >= 4 is 34.6 Å². The van der Waals surface area contributed by atoms with Crippen molar-refractivity contribution in [2.75, 3.05) is 37.1 Å². The van der Waals surface area contributed by atoms with E-state index in [1.807, 2.05) is 46.7 Å². The summed E-state index contributed by atoms with van der Waals surface area (Å²) < 4.78 is 16.2. The van der Waals surface area contributed by atoms with Gasteiger partial charge in [0.15, 0.2) is 11.5 Å². The highest BCUT2D eigenvalue weighted by atomic mass is 32.1. The van der Waals surface area contributed by atoms with Gasteiger partial charge in [0.25, 0.3) is 0 Å². The summed E-state index contributed by atoms with van der Waals surface area (Å²) in [5.41, 5.74) is 1.35. The Morgan fingerprint density at radius 2 is 1.84 bits per heavy atom. The number of rotatable bonds is 7. The standard InChI is InChI=1S/C23H23N3O5S/c1-29-18-7-5-17(6-8-18)26(14-19-3-2-12-32-19)15-22(27)25-23(28)24-16-4-9-20-21(13-16)31-11-10-30-20/h2-9,12-13H,10-11,14-15H2,1H3,(H2,24,25,27,28). The van der Waals surface area contributed by atoms with E-state index >= 15 is 0 Å². The van der Waals surface area contributed by atoms with E-state index in [1.54, 1.807) is 36.6 Å². The molecule has 166 valence electrons. The van der Waals surface area contributed by atoms with Gasteiger partial charge in [-0.2, -0.15) is 0 Å². The first-order valence-electron chi connectivity index (χ1n) is 10.0. The lowest BCUT2D eigenvalue weighted by Crippen LogP contribution is -2.41. The van der Waals surface area contributed by atoms with Crippen LogP contribution in [-0.2, 0) is 11.3 Å². The summed E-state index contributed by atoms with van der Waals surface area (Å²) in [7, 11) is 1.60. The molecule has 2 heterocycles. The van der Waals surface area contributed by atoms with E-state index in [1.165, 1.54) is 0 Å². The van der Waals surface area contributed by atoms with Crippen molar-refractivity contribution in [1.82, 2.24) is 5.32 Å². The summed E-state index contributed by atoms with van der Waals surface area (Å²) in [6, 6.07) is 15.9. The number of nitrogens with zero attached hydrogens (tertiary/aromatic N) is 1. The van der Waals surface area contributed by atoms with Gasteiger partial charge in [0.05, 0.1) is 20.2 Å². The number of methoxy groups -OCH3 is 1. The van der Waals surface area contributed by atoms with Crippen molar-refractivity contribution in [2.24, 2.45) is 0 Å². The number of imide groups is 1. The van der Waals surface area contributed by atoms with E-state index in [4.69, 9.17) is 14.2 Å². The molecular formula is C23H23N3O5S. The SMILES string of the molecule is COc1ccc(N(CC(=O)NC(=O)Nc2ccc3c(c2)OCCO3)Cc2cccs2)cc1. The van der Waals surface area contributed by atoms with E-state index < -0.39 is 11.9 Å². The third kappa shape index (κ3) is 5.50. The first kappa shape index (κ1) is 21.5. The summed E-state index contributed by atoms with van der Waals surface area (Å²) in [6.07, 6.45) is 0. The van der Waals surface area contributed by atoms with Crippen molar-refractivity contribution in [2.45, 2.75) is 6.54 Å². The van der Waals surface area contributed by atoms with Crippen molar-refractivity contribution in [3.8, 4) is 17.2 Å². The van der Waals surface area contributed by atoms with Gasteiger partial charge in [-0.1, -0.05) is 6.07 Å². The highest BCUT2D eigenvalue weighted by molar-refractivity contribution is 7.09. The van der Waals surface area contributed by atoms with Crippen LogP contribution in [0.4, 0.5) is 16.2 Å². The molecule has 0 radical (unpaired) electrons. The Morgan fingerprint density at radius 1 is 1.06 bits per heavy atom. The van der Waals surface area contributed by atoms with Crippen LogP contribution >= 0.6 is 11.3 Å². The third-order valence-corrected chi connectivity index (χ3v) is 5.61. The van der Waals surface area contributed by atoms with Crippen LogP contribution in [-0.4, -0.2) is 38.8 Å². The number of nitrogens with one attached hydrogen (secondary N) is 2. The number of carbonyl (C=O) groups is 2. The average molecular weight is 454 g/mol. The molecule has 0 fully saturated rings. The maximum Gasteiger partial charge on any atom is 0.325 e. The van der Waals surface area contributed by atoms with Gasteiger partial charge in [-0.15, -0.1) is 11.3 Å². The predicted molar refractivity (Wildman–Crippen MR) is 123 cm³/mol. The van der Waals surface area contributed by atoms with Crippen molar-refractivity contribution in [1.29, 1.82) is 0 Å². The molecule has 9 heteroatoms. The maximum atomic E-state index is 12.6. The second kappa shape index (κ2) is 10.1. The van der Waals surface area contributed by atoms with Gasteiger partial charge in [-0.05, 0) is 47.8 Å². The van der Waals surface area contributed by atoms with Crippen molar-refractivity contribution in [3.63, 3.8) is 0 Å². The minimum Gasteiger partial charge on any atom is -0.497 e. The quantitative estimate of drug-likeness (QED) is 0.564. The van der Waals surface area contributed by atoms with Gasteiger partial charge < -0.3 is 24.4 Å². The van der Waals surface area contributed by atoms with E-state index in [0.717, 1.165) is 16.3 Å². The second-order valence-electron chi connectivity index (χ2n) is 6.99. The van der Waals surface area contributed by atoms with Gasteiger partial charge in [0.2, 0.25) is 5.91 Å². The lowest BCUT2D eigenvalue weighted by Gasteiger charge is -2.24. The Balaban J connectivity index is 1.39. The molecule has 0 bridgehead atoms. The Morgan fingerprint density at radius 3 is 2.56 bits per heavy atom. The normalized spacial score (nSPS) is 12.0. The van der Waals surface area contributed by atoms with Crippen LogP contribution in [0.1, 0.15) is 4.88 Å². The maximum absolute atomic E-state index is 12.6. The van der Waals surface area contributed by atoms with Crippen LogP contribution in [0.2, 0.25) is 0 Å². The fraction of sp³-hybridized carbons (Fsp3) is 0.217. The van der Waals surface area contributed by atoms with Crippen LogP contribution in [0, 0.1) is 0 Å². The molecule has 0 atom stereocenters. The Bertz CT molecular complexity index is 1070. The molecule has 4 rings (SSSR count). The molecular weight excluding hydrogens is 430 g/mol. The van der Waals surface area contributed by atoms with E-state index in [2.05, 4.69) is 10.6 Å². The molecule has 2 N–H and O–H groups in total. The number of fused-ring (bicyclic) bond motifs is 1. The van der Waals surface area contributed by atoms with Crippen LogP contribution in [0.5, 0.6) is 17.2 Å². The number of benzene rings is 2. The van der Waals surface area contributed by atoms with E-state index in [0.29, 0.717) is 36.9 Å². The number of carbonyl (C=O) groups excluding carboxylic acids is 2. The van der Waals surface area contributed by atoms with E-state index in [9.17, 15) is 9.59 Å². The van der Waals surface area contributed by atoms with Gasteiger partial charge in [0.1, 0.15) is 19.0 Å². The van der Waals surface area contributed by atoms with Crippen LogP contribution in [0.25, 0.3) is 0 Å². The largest absolute Gasteiger partial charge is 0.497 e. The van der Waals surface area contributed by atoms with Crippen LogP contribution in [0.15, 0.2) is 60.0 Å². The Kier molecular flexibility index (Phi) is 6.76. The second-order valence-corrected chi connectivity index (χ2v) is 8.03. The monoisotopic (exact) mass is 453 g/mol. The lowest BCUT2D eigenvalue weighted by atomic mass is 10.2. The fourth-order valence-electron chi connectivity index (χ4n) is 3.25. The van der Waals surface area contributed by atoms with Gasteiger partial charge in [0, 0.05) is 22.3 Å². The molecule has 0 saturated heterocycles. The van der Waals surface area contributed by atoms with Crippen LogP contribution < -0.4 is 29.7 Å². The summed E-state index contributed by atoms with van der Waals surface area (Å²) in [5, 5.41) is 7.03. The van der Waals surface area contributed by atoms with Crippen molar-refractivity contribution < 1.29 is 23.8 Å². The molecule has 1 aliphatic rings. The lowest BCUT2D eigenvalue weighted by molar-refractivity contribution is -0.118. The van der Waals surface area contributed by atoms with Gasteiger partial charge in [-0.25, -0.2) is 4.79 Å². The molecule has 32 heavy (non-hydrogen) atoms. The number of amides is 3. The molecule has 1 aliphatic heterocycles. The number of urea groups is 1. The predicted octanol–water partition coefficient (Wildman–Crippen LogP) is 3.88. The molecule has 0 saturated carbocycles. The van der Waals surface area contributed by atoms with Crippen LogP contribution in [0.3, 0.4) is 0 Å². The zero-order valence-electron chi connectivity index (χ0n) is 17.5. The minimum absolute atomic E-state index is 0.0127. The minimum atomic E-state index is -0.613. The molecule has 0 spiro atoms. The topological polar surface area (TPSA) is 89.1 Å². The van der Waals surface area contributed by atoms with Crippen molar-refractivity contribution in [3.05, 3.63) is 64.9 Å². The summed E-state index contributed by atoms with van der Waals surface area (Å²) >= 11 is 1.61.